The summed E-state index contributed by atoms with van der Waals surface area (Å²) < 4.78 is 4.61. The number of carbonyl (C=O) groups is 1. The van der Waals surface area contributed by atoms with E-state index in [2.05, 4.69) is 46.2 Å². The predicted octanol–water partition coefficient (Wildman–Crippen LogP) is 2.44. The molecule has 0 aliphatic rings. The van der Waals surface area contributed by atoms with Crippen molar-refractivity contribution in [3.8, 4) is 0 Å². The largest absolute Gasteiger partial charge is 0.469 e. The number of esters is 1. The maximum atomic E-state index is 11.1. The molecule has 0 atom stereocenters. The quantitative estimate of drug-likeness (QED) is 0.333. The van der Waals surface area contributed by atoms with Gasteiger partial charge in [-0.25, -0.2) is 0 Å². The number of benzene rings is 1. The Morgan fingerprint density at radius 1 is 1.27 bits per heavy atom. The van der Waals surface area contributed by atoms with Crippen LogP contribution >= 0.6 is 24.0 Å². The molecule has 0 unspecified atom stereocenters. The van der Waals surface area contributed by atoms with Crippen LogP contribution in [0.4, 0.5) is 0 Å². The van der Waals surface area contributed by atoms with Crippen LogP contribution < -0.4 is 5.32 Å². The summed E-state index contributed by atoms with van der Waals surface area (Å²) in [5.74, 6) is 0.536. The fourth-order valence-electron chi connectivity index (χ4n) is 1.99. The standard InChI is InChI=1S/C16H25N3O2.HI/c1-5-13-6-8-14(9-7-13)12-19(3)16(17-2)18-11-10-15(20)21-4;/h6-9H,5,10-12H2,1-4H3,(H,17,18);1H. The highest BCUT2D eigenvalue weighted by Gasteiger charge is 2.07. The van der Waals surface area contributed by atoms with Gasteiger partial charge in [0.05, 0.1) is 13.5 Å². The molecule has 0 aromatic heterocycles. The molecule has 1 aromatic carbocycles. The average Bonchev–Trinajstić information content (AvgIpc) is 2.51. The molecule has 0 aliphatic heterocycles. The Morgan fingerprint density at radius 2 is 1.86 bits per heavy atom. The van der Waals surface area contributed by atoms with Gasteiger partial charge in [0, 0.05) is 27.2 Å². The topological polar surface area (TPSA) is 53.9 Å². The number of hydrogen-bond donors (Lipinski definition) is 1. The van der Waals surface area contributed by atoms with Gasteiger partial charge in [-0.1, -0.05) is 31.2 Å². The molecule has 1 N–H and O–H groups in total. The molecule has 6 heteroatoms. The van der Waals surface area contributed by atoms with Crippen molar-refractivity contribution in [2.75, 3.05) is 27.7 Å². The second-order valence-corrected chi connectivity index (χ2v) is 4.83. The first-order valence-corrected chi connectivity index (χ1v) is 7.17. The zero-order valence-corrected chi connectivity index (χ0v) is 16.1. The molecule has 0 fully saturated rings. The number of halogens is 1. The third kappa shape index (κ3) is 7.11. The van der Waals surface area contributed by atoms with Crippen molar-refractivity contribution in [2.45, 2.75) is 26.3 Å². The monoisotopic (exact) mass is 419 g/mol. The van der Waals surface area contributed by atoms with Gasteiger partial charge in [-0.15, -0.1) is 24.0 Å². The lowest BCUT2D eigenvalue weighted by atomic mass is 10.1. The van der Waals surface area contributed by atoms with Gasteiger partial charge in [0.1, 0.15) is 0 Å². The normalized spacial score (nSPS) is 10.6. The summed E-state index contributed by atoms with van der Waals surface area (Å²) in [5.41, 5.74) is 2.56. The highest BCUT2D eigenvalue weighted by Crippen LogP contribution is 2.07. The van der Waals surface area contributed by atoms with Gasteiger partial charge in [-0.05, 0) is 17.5 Å². The second kappa shape index (κ2) is 11.3. The Kier molecular flexibility index (Phi) is 10.6. The van der Waals surface area contributed by atoms with E-state index in [-0.39, 0.29) is 29.9 Å². The van der Waals surface area contributed by atoms with E-state index in [1.807, 2.05) is 11.9 Å². The molecule has 0 radical (unpaired) electrons. The number of nitrogens with zero attached hydrogens (tertiary/aromatic N) is 2. The Bertz CT molecular complexity index is 475. The lowest BCUT2D eigenvalue weighted by Crippen LogP contribution is -2.39. The van der Waals surface area contributed by atoms with Crippen LogP contribution in [0, 0.1) is 0 Å². The van der Waals surface area contributed by atoms with Gasteiger partial charge >= 0.3 is 5.97 Å². The SMILES string of the molecule is CCc1ccc(CN(C)C(=NC)NCCC(=O)OC)cc1.I. The molecule has 1 aromatic rings. The minimum atomic E-state index is -0.226. The summed E-state index contributed by atoms with van der Waals surface area (Å²) in [6.45, 7) is 3.43. The molecular formula is C16H26IN3O2. The van der Waals surface area contributed by atoms with E-state index < -0.39 is 0 Å². The zero-order chi connectivity index (χ0) is 15.7. The van der Waals surface area contributed by atoms with Gasteiger partial charge in [-0.3, -0.25) is 9.79 Å². The molecule has 22 heavy (non-hydrogen) atoms. The fourth-order valence-corrected chi connectivity index (χ4v) is 1.99. The minimum absolute atomic E-state index is 0. The van der Waals surface area contributed by atoms with Gasteiger partial charge < -0.3 is 15.0 Å². The van der Waals surface area contributed by atoms with Crippen LogP contribution in [-0.4, -0.2) is 44.6 Å². The van der Waals surface area contributed by atoms with Crippen LogP contribution in [0.3, 0.4) is 0 Å². The van der Waals surface area contributed by atoms with Crippen molar-refractivity contribution in [3.63, 3.8) is 0 Å². The van der Waals surface area contributed by atoms with Crippen LogP contribution in [0.5, 0.6) is 0 Å². The number of carbonyl (C=O) groups excluding carboxylic acids is 1. The minimum Gasteiger partial charge on any atom is -0.469 e. The Morgan fingerprint density at radius 3 is 2.36 bits per heavy atom. The second-order valence-electron chi connectivity index (χ2n) is 4.83. The number of methoxy groups -OCH3 is 1. The van der Waals surface area contributed by atoms with E-state index in [0.29, 0.717) is 13.0 Å². The van der Waals surface area contributed by atoms with Crippen molar-refractivity contribution in [1.29, 1.82) is 0 Å². The maximum absolute atomic E-state index is 11.1. The molecule has 0 saturated carbocycles. The summed E-state index contributed by atoms with van der Waals surface area (Å²) in [6, 6.07) is 8.57. The van der Waals surface area contributed by atoms with E-state index >= 15 is 0 Å². The summed E-state index contributed by atoms with van der Waals surface area (Å²) in [5, 5.41) is 3.15. The molecule has 1 rings (SSSR count). The summed E-state index contributed by atoms with van der Waals surface area (Å²) >= 11 is 0. The molecule has 0 bridgehead atoms. The summed E-state index contributed by atoms with van der Waals surface area (Å²) in [6.07, 6.45) is 1.38. The first-order chi connectivity index (χ1) is 10.1. The fraction of sp³-hybridized carbons (Fsp3) is 0.500. The Hall–Kier alpha value is -1.31. The number of nitrogens with one attached hydrogen (secondary N) is 1. The Labute approximate surface area is 150 Å². The van der Waals surface area contributed by atoms with Crippen LogP contribution in [0.2, 0.25) is 0 Å². The van der Waals surface area contributed by atoms with Gasteiger partial charge in [0.15, 0.2) is 5.96 Å². The first kappa shape index (κ1) is 20.7. The third-order valence-electron chi connectivity index (χ3n) is 3.26. The number of guanidine groups is 1. The van der Waals surface area contributed by atoms with Crippen LogP contribution in [0.1, 0.15) is 24.5 Å². The smallest absolute Gasteiger partial charge is 0.307 e. The van der Waals surface area contributed by atoms with E-state index in [9.17, 15) is 4.79 Å². The number of aliphatic imine (C=N–C) groups is 1. The van der Waals surface area contributed by atoms with E-state index in [1.54, 1.807) is 7.05 Å². The van der Waals surface area contributed by atoms with Crippen molar-refractivity contribution in [3.05, 3.63) is 35.4 Å². The first-order valence-electron chi connectivity index (χ1n) is 7.17. The van der Waals surface area contributed by atoms with Crippen molar-refractivity contribution < 1.29 is 9.53 Å². The van der Waals surface area contributed by atoms with Gasteiger partial charge in [0.25, 0.3) is 0 Å². The molecule has 0 aliphatic carbocycles. The third-order valence-corrected chi connectivity index (χ3v) is 3.26. The molecule has 0 saturated heterocycles. The highest BCUT2D eigenvalue weighted by molar-refractivity contribution is 14.0. The van der Waals surface area contributed by atoms with Crippen LogP contribution in [0.15, 0.2) is 29.3 Å². The van der Waals surface area contributed by atoms with Gasteiger partial charge in [-0.2, -0.15) is 0 Å². The molecule has 0 heterocycles. The molecule has 5 nitrogen and oxygen atoms in total. The van der Waals surface area contributed by atoms with Crippen molar-refractivity contribution >= 4 is 35.9 Å². The highest BCUT2D eigenvalue weighted by atomic mass is 127. The lowest BCUT2D eigenvalue weighted by molar-refractivity contribution is -0.140. The molecule has 0 spiro atoms. The van der Waals surface area contributed by atoms with Crippen molar-refractivity contribution in [1.82, 2.24) is 10.2 Å². The van der Waals surface area contributed by atoms with E-state index in [0.717, 1.165) is 18.9 Å². The summed E-state index contributed by atoms with van der Waals surface area (Å²) in [7, 11) is 5.10. The van der Waals surface area contributed by atoms with Crippen LogP contribution in [0.25, 0.3) is 0 Å². The number of ether oxygens (including phenoxy) is 1. The maximum Gasteiger partial charge on any atom is 0.307 e. The number of rotatable bonds is 6. The number of hydrogen-bond acceptors (Lipinski definition) is 3. The predicted molar refractivity (Wildman–Crippen MR) is 101 cm³/mol. The Balaban J connectivity index is 0.00000441. The van der Waals surface area contributed by atoms with Gasteiger partial charge in [0.2, 0.25) is 0 Å². The molecule has 124 valence electrons. The molecule has 0 amide bonds. The number of aryl methyl sites for hydroxylation is 1. The van der Waals surface area contributed by atoms with E-state index in [1.165, 1.54) is 18.2 Å². The van der Waals surface area contributed by atoms with Crippen LogP contribution in [-0.2, 0) is 22.5 Å². The summed E-state index contributed by atoms with van der Waals surface area (Å²) in [4.78, 5) is 17.3. The molecular weight excluding hydrogens is 393 g/mol. The lowest BCUT2D eigenvalue weighted by Gasteiger charge is -2.22. The average molecular weight is 419 g/mol. The zero-order valence-electron chi connectivity index (χ0n) is 13.8. The van der Waals surface area contributed by atoms with E-state index in [4.69, 9.17) is 0 Å². The van der Waals surface area contributed by atoms with Crippen molar-refractivity contribution in [2.24, 2.45) is 4.99 Å².